The number of hydrazine groups is 1. The van der Waals surface area contributed by atoms with E-state index in [1.54, 1.807) is 6.20 Å². The van der Waals surface area contributed by atoms with E-state index < -0.39 is 0 Å². The number of carbonyl (C=O) groups excluding carboxylic acids is 1. The second-order valence-corrected chi connectivity index (χ2v) is 7.29. The third kappa shape index (κ3) is 2.48. The number of benzene rings is 1. The minimum atomic E-state index is -0.320. The van der Waals surface area contributed by atoms with Gasteiger partial charge < -0.3 is 0 Å². The molecule has 5 rings (SSSR count). The van der Waals surface area contributed by atoms with E-state index in [9.17, 15) is 4.79 Å². The molecular weight excluding hydrogens is 314 g/mol. The molecule has 1 aliphatic carbocycles. The van der Waals surface area contributed by atoms with E-state index in [4.69, 9.17) is 4.99 Å². The van der Waals surface area contributed by atoms with Crippen LogP contribution in [0.15, 0.2) is 53.8 Å². The molecule has 0 bridgehead atoms. The number of aromatic nitrogens is 2. The van der Waals surface area contributed by atoms with Crippen molar-refractivity contribution in [1.82, 2.24) is 20.2 Å². The van der Waals surface area contributed by atoms with E-state index in [0.717, 1.165) is 25.7 Å². The summed E-state index contributed by atoms with van der Waals surface area (Å²) in [6.45, 7) is 0.645. The third-order valence-electron chi connectivity index (χ3n) is 5.63. The minimum Gasteiger partial charge on any atom is -0.298 e. The molecule has 2 aliphatic heterocycles. The summed E-state index contributed by atoms with van der Waals surface area (Å²) in [4.78, 5) is 17.8. The molecule has 3 heterocycles. The number of hydrogen-bond acceptors (Lipinski definition) is 5. The van der Waals surface area contributed by atoms with Crippen molar-refractivity contribution < 1.29 is 4.79 Å². The summed E-state index contributed by atoms with van der Waals surface area (Å²) in [5.74, 6) is 0.680. The molecular formula is C19H21N5O. The van der Waals surface area contributed by atoms with E-state index in [0.29, 0.717) is 12.4 Å². The van der Waals surface area contributed by atoms with Gasteiger partial charge >= 0.3 is 0 Å². The van der Waals surface area contributed by atoms with Crippen LogP contribution in [0.25, 0.3) is 0 Å². The first-order valence-corrected chi connectivity index (χ1v) is 8.95. The van der Waals surface area contributed by atoms with E-state index in [-0.39, 0.29) is 23.4 Å². The largest absolute Gasteiger partial charge is 0.298 e. The lowest BCUT2D eigenvalue weighted by molar-refractivity contribution is -0.118. The van der Waals surface area contributed by atoms with E-state index >= 15 is 0 Å². The molecule has 128 valence electrons. The molecule has 25 heavy (non-hydrogen) atoms. The highest BCUT2D eigenvalue weighted by Crippen LogP contribution is 2.49. The van der Waals surface area contributed by atoms with Crippen LogP contribution in [0.1, 0.15) is 37.3 Å². The monoisotopic (exact) mass is 335 g/mol. The second kappa shape index (κ2) is 5.52. The maximum absolute atomic E-state index is 13.1. The Kier molecular flexibility index (Phi) is 3.28. The average molecular weight is 335 g/mol. The number of hydrogen-bond donors (Lipinski definition) is 1. The first kappa shape index (κ1) is 14.8. The average Bonchev–Trinajstić information content (AvgIpc) is 2.99. The number of Topliss-reactive ketones (excluding diaryl/α,β-unsaturated/α-hetero) is 1. The second-order valence-electron chi connectivity index (χ2n) is 7.29. The van der Waals surface area contributed by atoms with Crippen molar-refractivity contribution in [2.24, 2.45) is 10.4 Å². The van der Waals surface area contributed by atoms with Gasteiger partial charge in [-0.1, -0.05) is 30.3 Å². The van der Waals surface area contributed by atoms with E-state index in [2.05, 4.69) is 39.8 Å². The van der Waals surface area contributed by atoms with Gasteiger partial charge in [-0.15, -0.1) is 0 Å². The first-order chi connectivity index (χ1) is 12.3. The third-order valence-corrected chi connectivity index (χ3v) is 5.63. The van der Waals surface area contributed by atoms with Gasteiger partial charge in [0.25, 0.3) is 0 Å². The summed E-state index contributed by atoms with van der Waals surface area (Å²) < 4.78 is 1.86. The molecule has 1 saturated carbocycles. The molecule has 1 aromatic heterocycles. The van der Waals surface area contributed by atoms with Crippen molar-refractivity contribution in [2.75, 3.05) is 0 Å². The van der Waals surface area contributed by atoms with Crippen molar-refractivity contribution >= 4 is 11.6 Å². The molecule has 1 N–H and O–H groups in total. The fourth-order valence-electron chi connectivity index (χ4n) is 4.05. The number of amidine groups is 1. The molecule has 2 unspecified atom stereocenters. The Labute approximate surface area is 146 Å². The van der Waals surface area contributed by atoms with Crippen LogP contribution in [0.2, 0.25) is 0 Å². The Bertz CT molecular complexity index is 810. The highest BCUT2D eigenvalue weighted by Gasteiger charge is 2.53. The molecule has 3 aliphatic rings. The van der Waals surface area contributed by atoms with Gasteiger partial charge in [-0.25, -0.2) is 4.99 Å². The number of carbonyl (C=O) groups is 1. The van der Waals surface area contributed by atoms with Crippen LogP contribution >= 0.6 is 0 Å². The minimum absolute atomic E-state index is 0.0738. The van der Waals surface area contributed by atoms with Crippen LogP contribution < -0.4 is 5.43 Å². The molecule has 0 amide bonds. The van der Waals surface area contributed by atoms with Gasteiger partial charge in [-0.2, -0.15) is 10.1 Å². The topological polar surface area (TPSA) is 62.5 Å². The standard InChI is InChI=1S/C19H21N5O/c25-17(19(9-10-19)13-23-12-4-11-20-23)18-21-16-8-7-15(24(16)22-18)14-5-2-1-3-6-14/h1-6,11-12,15-16H,7-10,13H2,(H,21,22). The van der Waals surface area contributed by atoms with Gasteiger partial charge in [0, 0.05) is 12.4 Å². The zero-order valence-electron chi connectivity index (χ0n) is 14.0. The van der Waals surface area contributed by atoms with Crippen LogP contribution in [0, 0.1) is 5.41 Å². The highest BCUT2D eigenvalue weighted by molar-refractivity contribution is 6.41. The fourth-order valence-corrected chi connectivity index (χ4v) is 4.05. The lowest BCUT2D eigenvalue weighted by Gasteiger charge is -2.24. The Morgan fingerprint density at radius 3 is 2.76 bits per heavy atom. The maximum atomic E-state index is 13.1. The van der Waals surface area contributed by atoms with Crippen LogP contribution in [0.3, 0.4) is 0 Å². The number of fused-ring (bicyclic) bond motifs is 1. The van der Waals surface area contributed by atoms with Gasteiger partial charge in [0.15, 0.2) is 5.84 Å². The van der Waals surface area contributed by atoms with Crippen LogP contribution in [-0.4, -0.2) is 32.6 Å². The van der Waals surface area contributed by atoms with Gasteiger partial charge in [-0.05, 0) is 37.3 Å². The molecule has 1 saturated heterocycles. The summed E-state index contributed by atoms with van der Waals surface area (Å²) in [7, 11) is 0. The molecule has 0 spiro atoms. The van der Waals surface area contributed by atoms with Crippen molar-refractivity contribution in [1.29, 1.82) is 0 Å². The summed E-state index contributed by atoms with van der Waals surface area (Å²) in [5, 5.41) is 6.41. The Morgan fingerprint density at radius 2 is 2.04 bits per heavy atom. The first-order valence-electron chi connectivity index (χ1n) is 8.95. The lowest BCUT2D eigenvalue weighted by atomic mass is 10.00. The van der Waals surface area contributed by atoms with Crippen molar-refractivity contribution in [3.63, 3.8) is 0 Å². The van der Waals surface area contributed by atoms with Gasteiger partial charge in [0.2, 0.25) is 5.78 Å². The number of nitrogens with zero attached hydrogens (tertiary/aromatic N) is 4. The van der Waals surface area contributed by atoms with Crippen LogP contribution in [0.4, 0.5) is 0 Å². The van der Waals surface area contributed by atoms with Gasteiger partial charge in [0.05, 0.1) is 18.0 Å². The maximum Gasteiger partial charge on any atom is 0.206 e. The van der Waals surface area contributed by atoms with Crippen LogP contribution in [0.5, 0.6) is 0 Å². The smallest absolute Gasteiger partial charge is 0.206 e. The van der Waals surface area contributed by atoms with E-state index in [1.165, 1.54) is 5.56 Å². The Morgan fingerprint density at radius 1 is 1.20 bits per heavy atom. The zero-order valence-corrected chi connectivity index (χ0v) is 14.0. The molecule has 2 atom stereocenters. The molecule has 6 nitrogen and oxygen atoms in total. The molecule has 2 fully saturated rings. The van der Waals surface area contributed by atoms with E-state index in [1.807, 2.05) is 23.0 Å². The van der Waals surface area contributed by atoms with Crippen LogP contribution in [-0.2, 0) is 11.3 Å². The predicted molar refractivity (Wildman–Crippen MR) is 93.5 cm³/mol. The SMILES string of the molecule is O=C(C1=NC2CCC(c3ccccc3)N2N1)C1(Cn2cccn2)CC1. The number of rotatable bonds is 5. The summed E-state index contributed by atoms with van der Waals surface area (Å²) in [5.41, 5.74) is 4.29. The van der Waals surface area contributed by atoms with Gasteiger partial charge in [-0.3, -0.25) is 14.9 Å². The zero-order chi connectivity index (χ0) is 16.9. The molecule has 1 aromatic carbocycles. The molecule has 2 aromatic rings. The Balaban J connectivity index is 1.33. The predicted octanol–water partition coefficient (Wildman–Crippen LogP) is 2.31. The number of nitrogens with one attached hydrogen (secondary N) is 1. The molecule has 0 radical (unpaired) electrons. The summed E-state index contributed by atoms with van der Waals surface area (Å²) in [6, 6.07) is 12.6. The highest BCUT2D eigenvalue weighted by atomic mass is 16.1. The summed E-state index contributed by atoms with van der Waals surface area (Å²) in [6.07, 6.45) is 7.62. The van der Waals surface area contributed by atoms with Gasteiger partial charge in [0.1, 0.15) is 6.17 Å². The van der Waals surface area contributed by atoms with Crippen molar-refractivity contribution in [2.45, 2.75) is 44.4 Å². The summed E-state index contributed by atoms with van der Waals surface area (Å²) >= 11 is 0. The number of ketones is 1. The van der Waals surface area contributed by atoms with Crippen molar-refractivity contribution in [3.8, 4) is 0 Å². The normalized spacial score (nSPS) is 26.8. The quantitative estimate of drug-likeness (QED) is 0.911. The number of aliphatic imine (C=N–C) groups is 1. The molecule has 6 heteroatoms. The van der Waals surface area contributed by atoms with Crippen molar-refractivity contribution in [3.05, 3.63) is 54.4 Å². The lowest BCUT2D eigenvalue weighted by Crippen LogP contribution is -2.44. The fraction of sp³-hybridized carbons (Fsp3) is 0.421. The Hall–Kier alpha value is -2.47.